The summed E-state index contributed by atoms with van der Waals surface area (Å²) >= 11 is 2.05. The summed E-state index contributed by atoms with van der Waals surface area (Å²) in [5.74, 6) is 3.10. The van der Waals surface area contributed by atoms with E-state index in [9.17, 15) is 4.79 Å². The molecule has 1 saturated carbocycles. The maximum absolute atomic E-state index is 12.2. The van der Waals surface area contributed by atoms with Crippen molar-refractivity contribution in [3.8, 4) is 0 Å². The predicted molar refractivity (Wildman–Crippen MR) is 107 cm³/mol. The minimum Gasteiger partial charge on any atom is -0.335 e. The van der Waals surface area contributed by atoms with Gasteiger partial charge in [0.15, 0.2) is 0 Å². The van der Waals surface area contributed by atoms with E-state index in [1.54, 1.807) is 0 Å². The fourth-order valence-corrected chi connectivity index (χ4v) is 4.71. The number of hydrogen-bond donors (Lipinski definition) is 2. The molecule has 5 heteroatoms. The molecular weight excluding hydrogens is 330 g/mol. The molecule has 2 fully saturated rings. The van der Waals surface area contributed by atoms with E-state index in [0.717, 1.165) is 25.1 Å². The molecule has 1 aromatic carbocycles. The Kier molecular flexibility index (Phi) is 7.05. The molecule has 0 spiro atoms. The molecule has 3 rings (SSSR count). The summed E-state index contributed by atoms with van der Waals surface area (Å²) in [7, 11) is 0. The molecular formula is C20H31N3OS. The van der Waals surface area contributed by atoms with Gasteiger partial charge in [-0.25, -0.2) is 4.79 Å². The fourth-order valence-electron chi connectivity index (χ4n) is 3.73. The maximum Gasteiger partial charge on any atom is 0.319 e. The number of nitrogens with one attached hydrogen (secondary N) is 2. The third kappa shape index (κ3) is 5.93. The summed E-state index contributed by atoms with van der Waals surface area (Å²) in [4.78, 5) is 14.8. The minimum absolute atomic E-state index is 0.0719. The van der Waals surface area contributed by atoms with Gasteiger partial charge in [-0.3, -0.25) is 0 Å². The van der Waals surface area contributed by atoms with Gasteiger partial charge in [0.05, 0.1) is 0 Å². The highest BCUT2D eigenvalue weighted by Crippen LogP contribution is 2.23. The zero-order valence-electron chi connectivity index (χ0n) is 15.3. The van der Waals surface area contributed by atoms with Gasteiger partial charge in [-0.1, -0.05) is 31.9 Å². The van der Waals surface area contributed by atoms with Gasteiger partial charge in [-0.15, -0.1) is 0 Å². The molecule has 138 valence electrons. The van der Waals surface area contributed by atoms with Crippen LogP contribution in [0.25, 0.3) is 0 Å². The van der Waals surface area contributed by atoms with Crippen LogP contribution in [0.4, 0.5) is 10.5 Å². The SMILES string of the molecule is CC1CCCCC1NC(=O)Nc1ccc(CCN2CCSCC2)cc1. The third-order valence-corrected chi connectivity index (χ3v) is 6.40. The Morgan fingerprint density at radius 2 is 1.88 bits per heavy atom. The topological polar surface area (TPSA) is 44.4 Å². The molecule has 1 aliphatic carbocycles. The number of urea groups is 1. The molecule has 1 saturated heterocycles. The molecule has 0 bridgehead atoms. The average Bonchev–Trinajstić information content (AvgIpc) is 2.64. The smallest absolute Gasteiger partial charge is 0.319 e. The van der Waals surface area contributed by atoms with Gasteiger partial charge in [0.2, 0.25) is 0 Å². The van der Waals surface area contributed by atoms with Crippen molar-refractivity contribution in [1.82, 2.24) is 10.2 Å². The van der Waals surface area contributed by atoms with Crippen molar-refractivity contribution in [2.24, 2.45) is 5.92 Å². The number of carbonyl (C=O) groups is 1. The highest BCUT2D eigenvalue weighted by Gasteiger charge is 2.22. The lowest BCUT2D eigenvalue weighted by Gasteiger charge is -2.29. The first-order valence-electron chi connectivity index (χ1n) is 9.67. The number of rotatable bonds is 5. The zero-order chi connectivity index (χ0) is 17.5. The molecule has 2 amide bonds. The van der Waals surface area contributed by atoms with Gasteiger partial charge in [0.25, 0.3) is 0 Å². The van der Waals surface area contributed by atoms with Crippen LogP contribution in [0.5, 0.6) is 0 Å². The molecule has 1 aliphatic heterocycles. The van der Waals surface area contributed by atoms with Crippen LogP contribution in [-0.4, -0.2) is 48.1 Å². The average molecular weight is 362 g/mol. The van der Waals surface area contributed by atoms with Crippen molar-refractivity contribution in [3.05, 3.63) is 29.8 Å². The van der Waals surface area contributed by atoms with Gasteiger partial charge in [-0.2, -0.15) is 11.8 Å². The van der Waals surface area contributed by atoms with E-state index in [1.807, 2.05) is 12.1 Å². The number of nitrogens with zero attached hydrogens (tertiary/aromatic N) is 1. The Morgan fingerprint density at radius 3 is 2.60 bits per heavy atom. The monoisotopic (exact) mass is 361 g/mol. The molecule has 1 heterocycles. The Labute approximate surface area is 156 Å². The number of hydrogen-bond acceptors (Lipinski definition) is 3. The summed E-state index contributed by atoms with van der Waals surface area (Å²) < 4.78 is 0. The van der Waals surface area contributed by atoms with Crippen molar-refractivity contribution >= 4 is 23.5 Å². The van der Waals surface area contributed by atoms with Crippen molar-refractivity contribution in [2.75, 3.05) is 36.5 Å². The lowest BCUT2D eigenvalue weighted by molar-refractivity contribution is 0.232. The first-order chi connectivity index (χ1) is 12.2. The molecule has 2 atom stereocenters. The molecule has 1 aromatic rings. The van der Waals surface area contributed by atoms with Crippen LogP contribution in [0.2, 0.25) is 0 Å². The Bertz CT molecular complexity index is 542. The van der Waals surface area contributed by atoms with Crippen LogP contribution >= 0.6 is 11.8 Å². The second kappa shape index (κ2) is 9.48. The number of thioether (sulfide) groups is 1. The van der Waals surface area contributed by atoms with E-state index in [1.165, 1.54) is 49.4 Å². The van der Waals surface area contributed by atoms with Gasteiger partial charge >= 0.3 is 6.03 Å². The van der Waals surface area contributed by atoms with E-state index in [-0.39, 0.29) is 6.03 Å². The largest absolute Gasteiger partial charge is 0.335 e. The van der Waals surface area contributed by atoms with Crippen LogP contribution in [-0.2, 0) is 6.42 Å². The van der Waals surface area contributed by atoms with Gasteiger partial charge in [0, 0.05) is 42.9 Å². The first-order valence-corrected chi connectivity index (χ1v) is 10.8. The molecule has 2 aliphatic rings. The fraction of sp³-hybridized carbons (Fsp3) is 0.650. The van der Waals surface area contributed by atoms with Crippen LogP contribution in [0.3, 0.4) is 0 Å². The lowest BCUT2D eigenvalue weighted by atomic mass is 9.86. The van der Waals surface area contributed by atoms with Crippen molar-refractivity contribution < 1.29 is 4.79 Å². The molecule has 0 radical (unpaired) electrons. The van der Waals surface area contributed by atoms with E-state index in [2.05, 4.69) is 46.4 Å². The number of anilines is 1. The maximum atomic E-state index is 12.2. The second-order valence-electron chi connectivity index (χ2n) is 7.37. The lowest BCUT2D eigenvalue weighted by Crippen LogP contribution is -2.43. The van der Waals surface area contributed by atoms with Crippen LogP contribution in [0, 0.1) is 5.92 Å². The Balaban J connectivity index is 1.42. The van der Waals surface area contributed by atoms with E-state index >= 15 is 0 Å². The highest BCUT2D eigenvalue weighted by molar-refractivity contribution is 7.99. The Morgan fingerprint density at radius 1 is 1.16 bits per heavy atom. The standard InChI is InChI=1S/C20H31N3OS/c1-16-4-2-3-5-19(16)22-20(24)21-18-8-6-17(7-9-18)10-11-23-12-14-25-15-13-23/h6-9,16,19H,2-5,10-15H2,1H3,(H2,21,22,24). The van der Waals surface area contributed by atoms with Crippen molar-refractivity contribution in [3.63, 3.8) is 0 Å². The highest BCUT2D eigenvalue weighted by atomic mass is 32.2. The van der Waals surface area contributed by atoms with Crippen molar-refractivity contribution in [2.45, 2.75) is 45.1 Å². The number of amides is 2. The normalized spacial score (nSPS) is 24.7. The van der Waals surface area contributed by atoms with Crippen LogP contribution in [0.15, 0.2) is 24.3 Å². The van der Waals surface area contributed by atoms with Gasteiger partial charge < -0.3 is 15.5 Å². The number of benzene rings is 1. The van der Waals surface area contributed by atoms with Crippen molar-refractivity contribution in [1.29, 1.82) is 0 Å². The summed E-state index contributed by atoms with van der Waals surface area (Å²) in [5.41, 5.74) is 2.21. The molecule has 2 unspecified atom stereocenters. The zero-order valence-corrected chi connectivity index (χ0v) is 16.1. The Hall–Kier alpha value is -1.20. The summed E-state index contributed by atoms with van der Waals surface area (Å²) in [6.07, 6.45) is 5.91. The number of carbonyl (C=O) groups excluding carboxylic acids is 1. The molecule has 4 nitrogen and oxygen atoms in total. The van der Waals surface area contributed by atoms with E-state index in [0.29, 0.717) is 12.0 Å². The van der Waals surface area contributed by atoms with E-state index in [4.69, 9.17) is 0 Å². The van der Waals surface area contributed by atoms with Gasteiger partial charge in [-0.05, 0) is 42.9 Å². The van der Waals surface area contributed by atoms with Crippen LogP contribution < -0.4 is 10.6 Å². The van der Waals surface area contributed by atoms with Crippen LogP contribution in [0.1, 0.15) is 38.2 Å². The minimum atomic E-state index is -0.0719. The second-order valence-corrected chi connectivity index (χ2v) is 8.59. The molecule has 25 heavy (non-hydrogen) atoms. The first kappa shape index (κ1) is 18.6. The summed E-state index contributed by atoms with van der Waals surface area (Å²) in [6, 6.07) is 8.55. The predicted octanol–water partition coefficient (Wildman–Crippen LogP) is 3.98. The van der Waals surface area contributed by atoms with E-state index < -0.39 is 0 Å². The van der Waals surface area contributed by atoms with Gasteiger partial charge in [0.1, 0.15) is 0 Å². The third-order valence-electron chi connectivity index (χ3n) is 5.46. The quantitative estimate of drug-likeness (QED) is 0.834. The molecule has 0 aromatic heterocycles. The summed E-state index contributed by atoms with van der Waals surface area (Å²) in [5, 5.41) is 6.12. The molecule has 2 N–H and O–H groups in total. The summed E-state index contributed by atoms with van der Waals surface area (Å²) in [6.45, 7) is 5.79.